The highest BCUT2D eigenvalue weighted by Gasteiger charge is 2.18. The van der Waals surface area contributed by atoms with Crippen molar-refractivity contribution in [2.24, 2.45) is 5.92 Å². The van der Waals surface area contributed by atoms with Crippen LogP contribution in [-0.2, 0) is 6.54 Å². The number of carbonyl (C=O) groups is 1. The van der Waals surface area contributed by atoms with E-state index in [1.54, 1.807) is 25.3 Å². The number of carbonyl (C=O) groups excluding carboxylic acids is 1. The Bertz CT molecular complexity index is 1230. The number of para-hydroxylation sites is 1. The lowest BCUT2D eigenvalue weighted by Gasteiger charge is -2.09. The van der Waals surface area contributed by atoms with Gasteiger partial charge in [-0.1, -0.05) is 32.0 Å². The maximum absolute atomic E-state index is 12.9. The van der Waals surface area contributed by atoms with Crippen molar-refractivity contribution in [3.05, 3.63) is 54.1 Å². The number of fused-ring (bicyclic) bond motifs is 2. The van der Waals surface area contributed by atoms with Crippen LogP contribution in [0.4, 0.5) is 5.82 Å². The molecule has 7 nitrogen and oxygen atoms in total. The second-order valence-electron chi connectivity index (χ2n) is 7.50. The summed E-state index contributed by atoms with van der Waals surface area (Å²) in [4.78, 5) is 17.7. The van der Waals surface area contributed by atoms with Gasteiger partial charge in [-0.3, -0.25) is 4.79 Å². The van der Waals surface area contributed by atoms with E-state index in [1.807, 2.05) is 35.0 Å². The molecule has 1 N–H and O–H groups in total. The summed E-state index contributed by atoms with van der Waals surface area (Å²) >= 11 is 0. The van der Waals surface area contributed by atoms with Crippen LogP contribution in [0.1, 0.15) is 24.2 Å². The first-order chi connectivity index (χ1) is 14.5. The highest BCUT2D eigenvalue weighted by molar-refractivity contribution is 6.09. The van der Waals surface area contributed by atoms with E-state index in [1.165, 1.54) is 7.11 Å². The van der Waals surface area contributed by atoms with Crippen molar-refractivity contribution in [3.63, 3.8) is 0 Å². The van der Waals surface area contributed by atoms with Crippen LogP contribution in [-0.4, -0.2) is 34.9 Å². The largest absolute Gasteiger partial charge is 0.493 e. The maximum atomic E-state index is 12.9. The predicted octanol–water partition coefficient (Wildman–Crippen LogP) is 4.51. The number of methoxy groups -OCH3 is 2. The molecule has 30 heavy (non-hydrogen) atoms. The number of ether oxygens (including phenoxy) is 2. The molecule has 2 heterocycles. The molecule has 2 aromatic carbocycles. The molecule has 0 fully saturated rings. The number of nitrogens with one attached hydrogen (secondary N) is 1. The normalized spacial score (nSPS) is 11.2. The Morgan fingerprint density at radius 2 is 1.83 bits per heavy atom. The molecule has 0 radical (unpaired) electrons. The van der Waals surface area contributed by atoms with E-state index >= 15 is 0 Å². The zero-order valence-corrected chi connectivity index (χ0v) is 17.5. The number of hydrogen-bond donors (Lipinski definition) is 1. The molecule has 0 aliphatic heterocycles. The number of hydrogen-bond acceptors (Lipinski definition) is 5. The molecule has 2 aromatic heterocycles. The van der Waals surface area contributed by atoms with Crippen molar-refractivity contribution < 1.29 is 14.3 Å². The molecule has 0 spiro atoms. The fourth-order valence-corrected chi connectivity index (χ4v) is 3.42. The summed E-state index contributed by atoms with van der Waals surface area (Å²) < 4.78 is 12.4. The second-order valence-corrected chi connectivity index (χ2v) is 7.50. The van der Waals surface area contributed by atoms with Gasteiger partial charge in [-0.05, 0) is 36.2 Å². The minimum Gasteiger partial charge on any atom is -0.493 e. The fourth-order valence-electron chi connectivity index (χ4n) is 3.42. The van der Waals surface area contributed by atoms with Gasteiger partial charge in [-0.15, -0.1) is 0 Å². The molecule has 0 atom stereocenters. The van der Waals surface area contributed by atoms with Crippen LogP contribution >= 0.6 is 0 Å². The lowest BCUT2D eigenvalue weighted by molar-refractivity contribution is 0.102. The number of aromatic nitrogens is 3. The Morgan fingerprint density at radius 1 is 1.07 bits per heavy atom. The van der Waals surface area contributed by atoms with Crippen molar-refractivity contribution in [3.8, 4) is 11.5 Å². The Labute approximate surface area is 174 Å². The summed E-state index contributed by atoms with van der Waals surface area (Å²) in [5, 5.41) is 9.41. The van der Waals surface area contributed by atoms with E-state index in [2.05, 4.69) is 24.3 Å². The maximum Gasteiger partial charge on any atom is 0.257 e. The number of pyridine rings is 1. The van der Waals surface area contributed by atoms with Gasteiger partial charge in [0.05, 0.1) is 25.1 Å². The molecule has 0 aliphatic rings. The van der Waals surface area contributed by atoms with Crippen LogP contribution in [0.2, 0.25) is 0 Å². The zero-order valence-electron chi connectivity index (χ0n) is 17.5. The zero-order chi connectivity index (χ0) is 21.3. The second kappa shape index (κ2) is 8.02. The average Bonchev–Trinajstić information content (AvgIpc) is 3.06. The number of benzene rings is 2. The number of nitrogens with zero attached hydrogens (tertiary/aromatic N) is 3. The minimum absolute atomic E-state index is 0.278. The van der Waals surface area contributed by atoms with Crippen molar-refractivity contribution >= 4 is 33.7 Å². The monoisotopic (exact) mass is 404 g/mol. The third-order valence-electron chi connectivity index (χ3n) is 4.84. The third kappa shape index (κ3) is 3.66. The first kappa shape index (κ1) is 19.7. The SMILES string of the molecule is COc1ccc(C(=O)Nc2nn(CC(C)C)c3nc4ccccc4cc23)cc1OC. The van der Waals surface area contributed by atoms with E-state index < -0.39 is 0 Å². The van der Waals surface area contributed by atoms with Crippen LogP contribution in [0, 0.1) is 5.92 Å². The summed E-state index contributed by atoms with van der Waals surface area (Å²) in [5.74, 6) is 1.66. The highest BCUT2D eigenvalue weighted by Crippen LogP contribution is 2.29. The minimum atomic E-state index is -0.278. The van der Waals surface area contributed by atoms with Crippen molar-refractivity contribution in [1.29, 1.82) is 0 Å². The van der Waals surface area contributed by atoms with Crippen LogP contribution in [0.15, 0.2) is 48.5 Å². The van der Waals surface area contributed by atoms with Crippen LogP contribution in [0.25, 0.3) is 21.9 Å². The molecule has 4 rings (SSSR count). The van der Waals surface area contributed by atoms with Gasteiger partial charge in [0.1, 0.15) is 0 Å². The molecular weight excluding hydrogens is 380 g/mol. The van der Waals surface area contributed by atoms with E-state index in [0.717, 1.165) is 21.9 Å². The van der Waals surface area contributed by atoms with E-state index in [0.29, 0.717) is 35.3 Å². The number of rotatable bonds is 6. The van der Waals surface area contributed by atoms with Gasteiger partial charge in [-0.2, -0.15) is 5.10 Å². The van der Waals surface area contributed by atoms with Gasteiger partial charge in [0, 0.05) is 17.5 Å². The van der Waals surface area contributed by atoms with Gasteiger partial charge < -0.3 is 14.8 Å². The number of anilines is 1. The van der Waals surface area contributed by atoms with Crippen molar-refractivity contribution in [2.75, 3.05) is 19.5 Å². The lowest BCUT2D eigenvalue weighted by atomic mass is 10.1. The fraction of sp³-hybridized carbons (Fsp3) is 0.261. The van der Waals surface area contributed by atoms with Gasteiger partial charge in [0.2, 0.25) is 0 Å². The first-order valence-corrected chi connectivity index (χ1v) is 9.80. The van der Waals surface area contributed by atoms with E-state index in [4.69, 9.17) is 14.5 Å². The Morgan fingerprint density at radius 3 is 2.57 bits per heavy atom. The quantitative estimate of drug-likeness (QED) is 0.512. The van der Waals surface area contributed by atoms with Gasteiger partial charge in [0.15, 0.2) is 23.0 Å². The Kier molecular flexibility index (Phi) is 5.27. The molecule has 7 heteroatoms. The average molecular weight is 404 g/mol. The molecule has 4 aromatic rings. The number of amides is 1. The molecule has 0 aliphatic carbocycles. The Balaban J connectivity index is 1.76. The summed E-state index contributed by atoms with van der Waals surface area (Å²) in [5.41, 5.74) is 2.10. The Hall–Kier alpha value is -3.61. The molecule has 0 bridgehead atoms. The topological polar surface area (TPSA) is 78.3 Å². The third-order valence-corrected chi connectivity index (χ3v) is 4.84. The van der Waals surface area contributed by atoms with Crippen molar-refractivity contribution in [2.45, 2.75) is 20.4 Å². The summed E-state index contributed by atoms with van der Waals surface area (Å²) in [6.45, 7) is 4.95. The standard InChI is InChI=1S/C23H24N4O3/c1-14(2)13-27-22-17(11-15-7-5-6-8-18(15)24-22)21(26-27)25-23(28)16-9-10-19(29-3)20(12-16)30-4/h5-12,14H,13H2,1-4H3,(H,25,26,28). The summed E-state index contributed by atoms with van der Waals surface area (Å²) in [6.07, 6.45) is 0. The van der Waals surface area contributed by atoms with E-state index in [-0.39, 0.29) is 5.91 Å². The van der Waals surface area contributed by atoms with Gasteiger partial charge in [0.25, 0.3) is 5.91 Å². The molecule has 0 saturated heterocycles. The summed E-state index contributed by atoms with van der Waals surface area (Å²) in [7, 11) is 3.10. The lowest BCUT2D eigenvalue weighted by Crippen LogP contribution is -2.13. The first-order valence-electron chi connectivity index (χ1n) is 9.80. The van der Waals surface area contributed by atoms with Crippen LogP contribution in [0.5, 0.6) is 11.5 Å². The van der Waals surface area contributed by atoms with E-state index in [9.17, 15) is 4.79 Å². The molecule has 0 saturated carbocycles. The van der Waals surface area contributed by atoms with Gasteiger partial charge in [-0.25, -0.2) is 9.67 Å². The van der Waals surface area contributed by atoms with Crippen molar-refractivity contribution in [1.82, 2.24) is 14.8 Å². The highest BCUT2D eigenvalue weighted by atomic mass is 16.5. The summed E-state index contributed by atoms with van der Waals surface area (Å²) in [6, 6.07) is 15.0. The van der Waals surface area contributed by atoms with Crippen LogP contribution < -0.4 is 14.8 Å². The van der Waals surface area contributed by atoms with Crippen LogP contribution in [0.3, 0.4) is 0 Å². The predicted molar refractivity (Wildman–Crippen MR) is 117 cm³/mol. The molecule has 1 amide bonds. The molecule has 0 unspecified atom stereocenters. The molecule has 154 valence electrons. The smallest absolute Gasteiger partial charge is 0.257 e. The molecular formula is C23H24N4O3. The van der Waals surface area contributed by atoms with Gasteiger partial charge >= 0.3 is 0 Å².